The van der Waals surface area contributed by atoms with Crippen LogP contribution >= 0.6 is 12.2 Å². The van der Waals surface area contributed by atoms with Gasteiger partial charge in [0.15, 0.2) is 5.82 Å². The molecule has 0 aliphatic heterocycles. The van der Waals surface area contributed by atoms with Gasteiger partial charge in [-0.1, -0.05) is 43.1 Å². The van der Waals surface area contributed by atoms with E-state index in [4.69, 9.17) is 22.5 Å². The van der Waals surface area contributed by atoms with Crippen LogP contribution in [-0.4, -0.2) is 21.0 Å². The Morgan fingerprint density at radius 1 is 1.40 bits per heavy atom. The fourth-order valence-electron chi connectivity index (χ4n) is 2.66. The van der Waals surface area contributed by atoms with E-state index in [1.165, 1.54) is 0 Å². The van der Waals surface area contributed by atoms with Crippen molar-refractivity contribution in [1.82, 2.24) is 15.5 Å². The lowest BCUT2D eigenvalue weighted by atomic mass is 9.79. The molecule has 0 bridgehead atoms. The first kappa shape index (κ1) is 14.9. The largest absolute Gasteiger partial charge is 0.392 e. The summed E-state index contributed by atoms with van der Waals surface area (Å²) in [6, 6.07) is 0. The molecule has 1 aromatic heterocycles. The van der Waals surface area contributed by atoms with Crippen LogP contribution in [-0.2, 0) is 11.3 Å². The van der Waals surface area contributed by atoms with Crippen LogP contribution in [0.25, 0.3) is 0 Å². The van der Waals surface area contributed by atoms with Crippen molar-refractivity contribution in [1.29, 1.82) is 0 Å². The zero-order valence-corrected chi connectivity index (χ0v) is 12.5. The topological polar surface area (TPSA) is 94.0 Å². The van der Waals surface area contributed by atoms with Crippen molar-refractivity contribution in [2.45, 2.75) is 52.0 Å². The van der Waals surface area contributed by atoms with Gasteiger partial charge in [-0.15, -0.1) is 0 Å². The second-order valence-electron chi connectivity index (χ2n) is 5.27. The van der Waals surface area contributed by atoms with E-state index in [0.29, 0.717) is 16.7 Å². The number of amides is 1. The molecule has 1 heterocycles. The van der Waals surface area contributed by atoms with Crippen molar-refractivity contribution in [2.75, 3.05) is 0 Å². The normalized spacial score (nSPS) is 18.2. The summed E-state index contributed by atoms with van der Waals surface area (Å²) in [5, 5.41) is 6.59. The number of hydrogen-bond acceptors (Lipinski definition) is 5. The van der Waals surface area contributed by atoms with Crippen LogP contribution in [0.3, 0.4) is 0 Å². The third kappa shape index (κ3) is 3.15. The van der Waals surface area contributed by atoms with Gasteiger partial charge in [-0.3, -0.25) is 4.79 Å². The Morgan fingerprint density at radius 3 is 2.55 bits per heavy atom. The number of hydrogen-bond donors (Lipinski definition) is 2. The molecule has 1 aliphatic carbocycles. The van der Waals surface area contributed by atoms with Gasteiger partial charge in [-0.25, -0.2) is 0 Å². The molecule has 0 unspecified atom stereocenters. The molecule has 6 nitrogen and oxygen atoms in total. The maximum Gasteiger partial charge on any atom is 0.233 e. The standard InChI is InChI=1S/C13H20N4O2S/c1-9-16-10(17-19-9)8-15-12(18)13(11(14)20)6-4-2-3-5-7-13/h2-8H2,1H3,(H2,14,20)(H,15,18). The summed E-state index contributed by atoms with van der Waals surface area (Å²) in [5.74, 6) is 0.824. The summed E-state index contributed by atoms with van der Waals surface area (Å²) in [7, 11) is 0. The maximum absolute atomic E-state index is 12.5. The summed E-state index contributed by atoms with van der Waals surface area (Å²) in [5.41, 5.74) is 5.15. The van der Waals surface area contributed by atoms with Crippen molar-refractivity contribution in [3.8, 4) is 0 Å². The third-order valence-electron chi connectivity index (χ3n) is 3.84. The zero-order chi connectivity index (χ0) is 14.6. The van der Waals surface area contributed by atoms with Crippen LogP contribution in [0.4, 0.5) is 0 Å². The molecule has 1 aliphatic rings. The Bertz CT molecular complexity index is 492. The quantitative estimate of drug-likeness (QED) is 0.647. The molecule has 0 atom stereocenters. The molecular weight excluding hydrogens is 276 g/mol. The highest BCUT2D eigenvalue weighted by Crippen LogP contribution is 2.35. The van der Waals surface area contributed by atoms with Crippen molar-refractivity contribution in [3.05, 3.63) is 11.7 Å². The summed E-state index contributed by atoms with van der Waals surface area (Å²) in [4.78, 5) is 16.9. The average molecular weight is 296 g/mol. The van der Waals surface area contributed by atoms with E-state index in [1.807, 2.05) is 0 Å². The van der Waals surface area contributed by atoms with Crippen molar-refractivity contribution in [2.24, 2.45) is 11.1 Å². The Morgan fingerprint density at radius 2 is 2.05 bits per heavy atom. The van der Waals surface area contributed by atoms with E-state index < -0.39 is 5.41 Å². The van der Waals surface area contributed by atoms with E-state index in [1.54, 1.807) is 6.92 Å². The summed E-state index contributed by atoms with van der Waals surface area (Å²) in [6.07, 6.45) is 5.65. The number of nitrogens with two attached hydrogens (primary N) is 1. The van der Waals surface area contributed by atoms with Crippen LogP contribution in [0.2, 0.25) is 0 Å². The molecular formula is C13H20N4O2S. The summed E-state index contributed by atoms with van der Waals surface area (Å²) in [6.45, 7) is 1.95. The van der Waals surface area contributed by atoms with Gasteiger partial charge >= 0.3 is 0 Å². The van der Waals surface area contributed by atoms with Crippen LogP contribution in [0.1, 0.15) is 50.2 Å². The van der Waals surface area contributed by atoms with E-state index in [9.17, 15) is 4.79 Å². The van der Waals surface area contributed by atoms with Crippen LogP contribution in [0.5, 0.6) is 0 Å². The molecule has 0 aromatic carbocycles. The lowest BCUT2D eigenvalue weighted by molar-refractivity contribution is -0.128. The van der Waals surface area contributed by atoms with E-state index in [0.717, 1.165) is 38.5 Å². The van der Waals surface area contributed by atoms with Gasteiger partial charge in [0, 0.05) is 6.92 Å². The monoisotopic (exact) mass is 296 g/mol. The van der Waals surface area contributed by atoms with E-state index in [-0.39, 0.29) is 12.5 Å². The number of carbonyl (C=O) groups excluding carboxylic acids is 1. The van der Waals surface area contributed by atoms with Gasteiger partial charge in [0.2, 0.25) is 11.8 Å². The minimum absolute atomic E-state index is 0.116. The molecule has 0 radical (unpaired) electrons. The number of thiocarbonyl (C=S) groups is 1. The third-order valence-corrected chi connectivity index (χ3v) is 4.23. The molecule has 1 aromatic rings. The number of carbonyl (C=O) groups is 1. The van der Waals surface area contributed by atoms with Crippen LogP contribution < -0.4 is 11.1 Å². The van der Waals surface area contributed by atoms with Crippen LogP contribution in [0, 0.1) is 12.3 Å². The second kappa shape index (κ2) is 6.30. The van der Waals surface area contributed by atoms with Gasteiger partial charge in [0.1, 0.15) is 0 Å². The molecule has 1 saturated carbocycles. The number of nitrogens with zero attached hydrogens (tertiary/aromatic N) is 2. The Labute approximate surface area is 123 Å². The lowest BCUT2D eigenvalue weighted by Crippen LogP contribution is -2.48. The van der Waals surface area contributed by atoms with Gasteiger partial charge in [-0.05, 0) is 12.8 Å². The van der Waals surface area contributed by atoms with Gasteiger partial charge in [0.05, 0.1) is 16.9 Å². The molecule has 2 rings (SSSR count). The highest BCUT2D eigenvalue weighted by molar-refractivity contribution is 7.80. The molecule has 7 heteroatoms. The predicted octanol–water partition coefficient (Wildman–Crippen LogP) is 1.62. The van der Waals surface area contributed by atoms with Crippen molar-refractivity contribution >= 4 is 23.1 Å². The van der Waals surface area contributed by atoms with E-state index in [2.05, 4.69) is 15.5 Å². The Balaban J connectivity index is 2.05. The SMILES string of the molecule is Cc1nc(CNC(=O)C2(C(N)=S)CCCCCC2)no1. The first-order valence-corrected chi connectivity index (χ1v) is 7.33. The molecule has 0 spiro atoms. The van der Waals surface area contributed by atoms with Gasteiger partial charge in [0.25, 0.3) is 0 Å². The fraction of sp³-hybridized carbons (Fsp3) is 0.692. The molecule has 0 saturated heterocycles. The minimum Gasteiger partial charge on any atom is -0.392 e. The maximum atomic E-state index is 12.5. The van der Waals surface area contributed by atoms with Gasteiger partial charge < -0.3 is 15.6 Å². The lowest BCUT2D eigenvalue weighted by Gasteiger charge is -2.29. The predicted molar refractivity (Wildman–Crippen MR) is 77.8 cm³/mol. The molecule has 3 N–H and O–H groups in total. The smallest absolute Gasteiger partial charge is 0.233 e. The zero-order valence-electron chi connectivity index (χ0n) is 11.6. The Hall–Kier alpha value is -1.50. The highest BCUT2D eigenvalue weighted by atomic mass is 32.1. The molecule has 1 amide bonds. The van der Waals surface area contributed by atoms with Crippen LogP contribution in [0.15, 0.2) is 4.52 Å². The molecule has 1 fully saturated rings. The summed E-state index contributed by atoms with van der Waals surface area (Å²) < 4.78 is 4.87. The first-order valence-electron chi connectivity index (χ1n) is 6.92. The minimum atomic E-state index is -0.718. The molecule has 20 heavy (non-hydrogen) atoms. The van der Waals surface area contributed by atoms with Crippen molar-refractivity contribution < 1.29 is 9.32 Å². The first-order chi connectivity index (χ1) is 9.54. The number of aryl methyl sites for hydroxylation is 1. The fourth-order valence-corrected chi connectivity index (χ4v) is 2.96. The van der Waals surface area contributed by atoms with E-state index >= 15 is 0 Å². The van der Waals surface area contributed by atoms with Crippen molar-refractivity contribution in [3.63, 3.8) is 0 Å². The average Bonchev–Trinajstić information content (AvgIpc) is 2.68. The number of aromatic nitrogens is 2. The van der Waals surface area contributed by atoms with Gasteiger partial charge in [-0.2, -0.15) is 4.98 Å². The second-order valence-corrected chi connectivity index (χ2v) is 5.71. The Kier molecular flexibility index (Phi) is 4.69. The highest BCUT2D eigenvalue weighted by Gasteiger charge is 2.41. The molecule has 110 valence electrons. The number of rotatable bonds is 4. The number of nitrogens with one attached hydrogen (secondary N) is 1. The summed E-state index contributed by atoms with van der Waals surface area (Å²) >= 11 is 5.17.